The topological polar surface area (TPSA) is 198 Å². The largest absolute Gasteiger partial charge is 0.370 e. The maximum atomic E-state index is 13.4. The van der Waals surface area contributed by atoms with E-state index < -0.39 is 35.8 Å². The van der Waals surface area contributed by atoms with Crippen molar-refractivity contribution >= 4 is 35.3 Å². The van der Waals surface area contributed by atoms with Crippen LogP contribution < -0.4 is 38.1 Å². The van der Waals surface area contributed by atoms with Gasteiger partial charge < -0.3 is 38.1 Å². The fourth-order valence-corrected chi connectivity index (χ4v) is 4.28. The van der Waals surface area contributed by atoms with Gasteiger partial charge in [0.05, 0.1) is 6.54 Å². The molecule has 0 radical (unpaired) electrons. The number of nitrogens with two attached hydrogens (primary N) is 3. The summed E-state index contributed by atoms with van der Waals surface area (Å²) in [5.41, 5.74) is 17.6. The minimum absolute atomic E-state index is 0.0673. The highest BCUT2D eigenvalue weighted by atomic mass is 16.2. The number of hydrogen-bond donors (Lipinski definition) is 6. The molecule has 1 heterocycles. The van der Waals surface area contributed by atoms with E-state index in [1.165, 1.54) is 0 Å². The number of carbonyl (C=O) groups is 4. The van der Waals surface area contributed by atoms with Gasteiger partial charge in [-0.1, -0.05) is 36.4 Å². The number of guanidine groups is 1. The molecule has 1 fully saturated rings. The zero-order valence-corrected chi connectivity index (χ0v) is 22.4. The molecule has 0 bridgehead atoms. The zero-order chi connectivity index (χ0) is 28.9. The second-order valence-corrected chi connectivity index (χ2v) is 9.53. The van der Waals surface area contributed by atoms with E-state index in [1.807, 2.05) is 30.3 Å². The van der Waals surface area contributed by atoms with Crippen molar-refractivity contribution in [2.24, 2.45) is 22.2 Å². The predicted octanol–water partition coefficient (Wildman–Crippen LogP) is -0.0160. The van der Waals surface area contributed by atoms with E-state index in [0.29, 0.717) is 44.3 Å². The number of para-hydroxylation sites is 1. The lowest BCUT2D eigenvalue weighted by Gasteiger charge is -2.39. The number of aliphatic imine (C=N–C) groups is 1. The molecule has 12 nitrogen and oxygen atoms in total. The maximum absolute atomic E-state index is 13.4. The lowest BCUT2D eigenvalue weighted by molar-refractivity contribution is -0.133. The Morgan fingerprint density at radius 3 is 2.12 bits per heavy atom. The Kier molecular flexibility index (Phi) is 11.5. The van der Waals surface area contributed by atoms with Crippen LogP contribution in [0.5, 0.6) is 0 Å². The second kappa shape index (κ2) is 15.2. The molecule has 2 aromatic rings. The molecule has 0 aliphatic carbocycles. The van der Waals surface area contributed by atoms with Gasteiger partial charge in [0.2, 0.25) is 11.8 Å². The molecular weight excluding hydrogens is 512 g/mol. The van der Waals surface area contributed by atoms with Gasteiger partial charge in [-0.15, -0.1) is 0 Å². The Bertz CT molecular complexity index is 1170. The fraction of sp³-hybridized carbons (Fsp3) is 0.393. The standard InChI is InChI=1S/C28H38N8O4/c29-16-8-7-14-21(26(39)35-23-18-36(27(23)40)20-12-5-2-6-13-20)34-25(38)22(15-9-17-32-28(30)31)33-24(37)19-10-3-1-4-11-19/h1-6,10-13,21-23H,7-9,14-18,29H2,(H,33,37)(H,34,38)(H,35,39)(H4,30,31,32)/t21-,22-,23+/m0/s1. The van der Waals surface area contributed by atoms with Crippen molar-refractivity contribution in [1.29, 1.82) is 0 Å². The van der Waals surface area contributed by atoms with Gasteiger partial charge in [-0.05, 0) is 62.9 Å². The number of rotatable bonds is 15. The Morgan fingerprint density at radius 1 is 0.875 bits per heavy atom. The van der Waals surface area contributed by atoms with Crippen LogP contribution in [0.1, 0.15) is 42.5 Å². The highest BCUT2D eigenvalue weighted by Crippen LogP contribution is 2.21. The summed E-state index contributed by atoms with van der Waals surface area (Å²) < 4.78 is 0. The molecule has 0 saturated carbocycles. The number of benzene rings is 2. The summed E-state index contributed by atoms with van der Waals surface area (Å²) >= 11 is 0. The highest BCUT2D eigenvalue weighted by Gasteiger charge is 2.40. The monoisotopic (exact) mass is 550 g/mol. The highest BCUT2D eigenvalue weighted by molar-refractivity contribution is 6.06. The van der Waals surface area contributed by atoms with Crippen LogP contribution in [0.25, 0.3) is 0 Å². The SMILES string of the molecule is NCCCC[C@H](NC(=O)[C@H](CCCN=C(N)N)NC(=O)c1ccccc1)C(=O)N[C@@H]1CN(c2ccccc2)C1=O. The molecule has 214 valence electrons. The zero-order valence-electron chi connectivity index (χ0n) is 22.4. The van der Waals surface area contributed by atoms with Crippen LogP contribution in [0.2, 0.25) is 0 Å². The summed E-state index contributed by atoms with van der Waals surface area (Å²) in [6, 6.07) is 15.2. The van der Waals surface area contributed by atoms with Crippen molar-refractivity contribution in [3.8, 4) is 0 Å². The Balaban J connectivity index is 1.66. The number of hydrogen-bond acceptors (Lipinski definition) is 6. The van der Waals surface area contributed by atoms with Crippen LogP contribution in [-0.4, -0.2) is 67.3 Å². The first kappa shape index (κ1) is 30.1. The normalized spacial score (nSPS) is 15.8. The number of anilines is 1. The summed E-state index contributed by atoms with van der Waals surface area (Å²) in [5, 5.41) is 8.29. The van der Waals surface area contributed by atoms with E-state index in [9.17, 15) is 19.2 Å². The van der Waals surface area contributed by atoms with Crippen molar-refractivity contribution in [1.82, 2.24) is 16.0 Å². The minimum Gasteiger partial charge on any atom is -0.370 e. The summed E-state index contributed by atoms with van der Waals surface area (Å²) in [6.07, 6.45) is 2.24. The second-order valence-electron chi connectivity index (χ2n) is 9.53. The molecule has 1 aliphatic rings. The molecule has 1 aliphatic heterocycles. The molecular formula is C28H38N8O4. The van der Waals surface area contributed by atoms with E-state index in [2.05, 4.69) is 20.9 Å². The third-order valence-corrected chi connectivity index (χ3v) is 6.50. The molecule has 4 amide bonds. The quantitative estimate of drug-likeness (QED) is 0.0775. The maximum Gasteiger partial charge on any atom is 0.251 e. The van der Waals surface area contributed by atoms with Gasteiger partial charge in [0, 0.05) is 17.8 Å². The number of unbranched alkanes of at least 4 members (excludes halogenated alkanes) is 1. The summed E-state index contributed by atoms with van der Waals surface area (Å²) in [4.78, 5) is 57.6. The van der Waals surface area contributed by atoms with Crippen molar-refractivity contribution in [2.45, 2.75) is 50.2 Å². The summed E-state index contributed by atoms with van der Waals surface area (Å²) in [7, 11) is 0. The van der Waals surface area contributed by atoms with Gasteiger partial charge in [0.25, 0.3) is 11.8 Å². The van der Waals surface area contributed by atoms with Crippen LogP contribution in [0.4, 0.5) is 5.69 Å². The van der Waals surface area contributed by atoms with Gasteiger partial charge in [0.15, 0.2) is 5.96 Å². The van der Waals surface area contributed by atoms with Crippen LogP contribution in [0, 0.1) is 0 Å². The third kappa shape index (κ3) is 8.80. The molecule has 2 aromatic carbocycles. The number of β-lactam (4-membered cyclic amide) rings is 1. The predicted molar refractivity (Wildman–Crippen MR) is 153 cm³/mol. The molecule has 0 unspecified atom stereocenters. The lowest BCUT2D eigenvalue weighted by Crippen LogP contribution is -2.66. The summed E-state index contributed by atoms with van der Waals surface area (Å²) in [6.45, 7) is 1.05. The van der Waals surface area contributed by atoms with Crippen LogP contribution >= 0.6 is 0 Å². The molecule has 1 saturated heterocycles. The first-order valence-electron chi connectivity index (χ1n) is 13.4. The van der Waals surface area contributed by atoms with Gasteiger partial charge in [0.1, 0.15) is 18.1 Å². The number of amides is 4. The van der Waals surface area contributed by atoms with Crippen molar-refractivity contribution < 1.29 is 19.2 Å². The van der Waals surface area contributed by atoms with Crippen molar-refractivity contribution in [3.05, 3.63) is 66.2 Å². The van der Waals surface area contributed by atoms with Gasteiger partial charge in [-0.25, -0.2) is 0 Å². The molecule has 40 heavy (non-hydrogen) atoms. The van der Waals surface area contributed by atoms with Gasteiger partial charge in [-0.2, -0.15) is 0 Å². The number of nitrogens with zero attached hydrogens (tertiary/aromatic N) is 2. The van der Waals surface area contributed by atoms with E-state index >= 15 is 0 Å². The Morgan fingerprint density at radius 2 is 1.50 bits per heavy atom. The van der Waals surface area contributed by atoms with Crippen molar-refractivity contribution in [2.75, 3.05) is 24.5 Å². The van der Waals surface area contributed by atoms with E-state index in [4.69, 9.17) is 17.2 Å². The summed E-state index contributed by atoms with van der Waals surface area (Å²) in [5.74, 6) is -1.70. The average molecular weight is 551 g/mol. The van der Waals surface area contributed by atoms with Crippen LogP contribution in [-0.2, 0) is 14.4 Å². The number of carbonyl (C=O) groups excluding carboxylic acids is 4. The Hall–Kier alpha value is -4.45. The number of nitrogens with one attached hydrogen (secondary N) is 3. The molecule has 3 atom stereocenters. The molecule has 9 N–H and O–H groups in total. The lowest BCUT2D eigenvalue weighted by atomic mass is 10.0. The fourth-order valence-electron chi connectivity index (χ4n) is 4.28. The average Bonchev–Trinajstić information content (AvgIpc) is 2.96. The molecule has 0 spiro atoms. The van der Waals surface area contributed by atoms with Gasteiger partial charge >= 0.3 is 0 Å². The molecule has 12 heteroatoms. The van der Waals surface area contributed by atoms with Crippen LogP contribution in [0.15, 0.2) is 65.7 Å². The first-order chi connectivity index (χ1) is 19.3. The minimum atomic E-state index is -0.939. The van der Waals surface area contributed by atoms with E-state index in [-0.39, 0.29) is 24.8 Å². The first-order valence-corrected chi connectivity index (χ1v) is 13.4. The van der Waals surface area contributed by atoms with Crippen molar-refractivity contribution in [3.63, 3.8) is 0 Å². The third-order valence-electron chi connectivity index (χ3n) is 6.50. The molecule has 3 rings (SSSR count). The molecule has 0 aromatic heterocycles. The van der Waals surface area contributed by atoms with E-state index in [0.717, 1.165) is 5.69 Å². The van der Waals surface area contributed by atoms with E-state index in [1.54, 1.807) is 35.2 Å². The van der Waals surface area contributed by atoms with Gasteiger partial charge in [-0.3, -0.25) is 24.2 Å². The van der Waals surface area contributed by atoms with Crippen LogP contribution in [0.3, 0.4) is 0 Å². The smallest absolute Gasteiger partial charge is 0.251 e. The Labute approximate surface area is 233 Å².